The summed E-state index contributed by atoms with van der Waals surface area (Å²) < 4.78 is 5.60. The maximum absolute atomic E-state index is 12.2. The topological polar surface area (TPSA) is 29.5 Å². The van der Waals surface area contributed by atoms with E-state index in [4.69, 9.17) is 4.74 Å². The minimum Gasteiger partial charge on any atom is -0.367 e. The standard InChI is InChI=1S/C13H19NO2S/c1-9(2)14-6-7-16-11(8-14)13(15)12-5-4-10(3)17-12/h4-5,9,11H,6-8H2,1-3H3. The number of rotatable bonds is 3. The van der Waals surface area contributed by atoms with Gasteiger partial charge < -0.3 is 4.74 Å². The molecule has 0 N–H and O–H groups in total. The molecule has 0 aliphatic carbocycles. The fourth-order valence-electron chi connectivity index (χ4n) is 2.02. The Morgan fingerprint density at radius 3 is 2.88 bits per heavy atom. The summed E-state index contributed by atoms with van der Waals surface area (Å²) in [5, 5.41) is 0. The number of hydrogen-bond acceptors (Lipinski definition) is 4. The summed E-state index contributed by atoms with van der Waals surface area (Å²) in [5.74, 6) is 0.133. The number of nitrogens with zero attached hydrogens (tertiary/aromatic N) is 1. The van der Waals surface area contributed by atoms with Crippen molar-refractivity contribution < 1.29 is 9.53 Å². The van der Waals surface area contributed by atoms with Gasteiger partial charge in [-0.05, 0) is 32.9 Å². The fraction of sp³-hybridized carbons (Fsp3) is 0.615. The minimum absolute atomic E-state index is 0.133. The number of hydrogen-bond donors (Lipinski definition) is 0. The van der Waals surface area contributed by atoms with Crippen LogP contribution in [0, 0.1) is 6.92 Å². The zero-order valence-electron chi connectivity index (χ0n) is 10.6. The maximum atomic E-state index is 12.2. The second-order valence-corrected chi connectivity index (χ2v) is 6.01. The van der Waals surface area contributed by atoms with Gasteiger partial charge in [0.2, 0.25) is 5.78 Å². The van der Waals surface area contributed by atoms with Gasteiger partial charge in [-0.25, -0.2) is 0 Å². The van der Waals surface area contributed by atoms with Crippen LogP contribution < -0.4 is 0 Å². The monoisotopic (exact) mass is 253 g/mol. The Bertz CT molecular complexity index is 400. The van der Waals surface area contributed by atoms with Crippen molar-refractivity contribution in [2.75, 3.05) is 19.7 Å². The smallest absolute Gasteiger partial charge is 0.202 e. The highest BCUT2D eigenvalue weighted by atomic mass is 32.1. The van der Waals surface area contributed by atoms with Crippen molar-refractivity contribution in [3.05, 3.63) is 21.9 Å². The second-order valence-electron chi connectivity index (χ2n) is 4.72. The molecule has 94 valence electrons. The normalized spacial score (nSPS) is 22.0. The molecule has 0 saturated carbocycles. The molecule has 1 saturated heterocycles. The molecule has 0 radical (unpaired) electrons. The lowest BCUT2D eigenvalue weighted by Gasteiger charge is -2.34. The van der Waals surface area contributed by atoms with Crippen molar-refractivity contribution in [2.45, 2.75) is 32.9 Å². The zero-order chi connectivity index (χ0) is 12.4. The molecule has 0 spiro atoms. The molecule has 1 aromatic heterocycles. The number of ketones is 1. The average Bonchev–Trinajstić information content (AvgIpc) is 2.75. The Morgan fingerprint density at radius 2 is 2.29 bits per heavy atom. The number of aryl methyl sites for hydroxylation is 1. The Balaban J connectivity index is 2.04. The number of thiophene rings is 1. The van der Waals surface area contributed by atoms with Crippen LogP contribution in [0.15, 0.2) is 12.1 Å². The van der Waals surface area contributed by atoms with Gasteiger partial charge in [-0.3, -0.25) is 9.69 Å². The van der Waals surface area contributed by atoms with Crippen LogP contribution in [0.5, 0.6) is 0 Å². The van der Waals surface area contributed by atoms with Crippen LogP contribution >= 0.6 is 11.3 Å². The van der Waals surface area contributed by atoms with E-state index in [0.29, 0.717) is 19.2 Å². The van der Waals surface area contributed by atoms with Gasteiger partial charge in [0.15, 0.2) is 0 Å². The molecule has 17 heavy (non-hydrogen) atoms. The summed E-state index contributed by atoms with van der Waals surface area (Å²) in [6, 6.07) is 4.36. The third-order valence-corrected chi connectivity index (χ3v) is 4.12. The number of carbonyl (C=O) groups is 1. The number of ether oxygens (including phenoxy) is 1. The molecule has 4 heteroatoms. The highest BCUT2D eigenvalue weighted by molar-refractivity contribution is 7.14. The molecule has 2 rings (SSSR count). The lowest BCUT2D eigenvalue weighted by molar-refractivity contribution is -0.0254. The summed E-state index contributed by atoms with van der Waals surface area (Å²) >= 11 is 1.55. The Labute approximate surface area is 106 Å². The lowest BCUT2D eigenvalue weighted by Crippen LogP contribution is -2.48. The summed E-state index contributed by atoms with van der Waals surface area (Å²) in [7, 11) is 0. The number of morpholine rings is 1. The molecule has 1 aliphatic heterocycles. The first-order valence-corrected chi connectivity index (χ1v) is 6.86. The van der Waals surface area contributed by atoms with E-state index in [0.717, 1.165) is 11.4 Å². The van der Waals surface area contributed by atoms with E-state index in [1.165, 1.54) is 4.88 Å². The van der Waals surface area contributed by atoms with Crippen LogP contribution in [0.25, 0.3) is 0 Å². The van der Waals surface area contributed by atoms with Crippen molar-refractivity contribution in [1.82, 2.24) is 4.90 Å². The van der Waals surface area contributed by atoms with E-state index in [-0.39, 0.29) is 11.9 Å². The van der Waals surface area contributed by atoms with E-state index in [1.54, 1.807) is 11.3 Å². The van der Waals surface area contributed by atoms with Crippen molar-refractivity contribution in [2.24, 2.45) is 0 Å². The van der Waals surface area contributed by atoms with Crippen molar-refractivity contribution in [3.8, 4) is 0 Å². The molecule has 0 bridgehead atoms. The van der Waals surface area contributed by atoms with E-state index >= 15 is 0 Å². The first-order valence-electron chi connectivity index (χ1n) is 6.04. The van der Waals surface area contributed by atoms with Gasteiger partial charge in [-0.1, -0.05) is 0 Å². The van der Waals surface area contributed by atoms with Crippen LogP contribution in [-0.2, 0) is 4.74 Å². The minimum atomic E-state index is -0.288. The first kappa shape index (κ1) is 12.7. The number of Topliss-reactive ketones (excluding diaryl/α,β-unsaturated/α-hetero) is 1. The van der Waals surface area contributed by atoms with Gasteiger partial charge >= 0.3 is 0 Å². The van der Waals surface area contributed by atoms with E-state index in [2.05, 4.69) is 18.7 Å². The van der Waals surface area contributed by atoms with Crippen molar-refractivity contribution in [1.29, 1.82) is 0 Å². The van der Waals surface area contributed by atoms with Crippen LogP contribution in [0.3, 0.4) is 0 Å². The van der Waals surface area contributed by atoms with E-state index in [1.807, 2.05) is 19.1 Å². The van der Waals surface area contributed by atoms with Gasteiger partial charge in [0.1, 0.15) is 6.10 Å². The van der Waals surface area contributed by atoms with Gasteiger partial charge in [0.25, 0.3) is 0 Å². The summed E-state index contributed by atoms with van der Waals surface area (Å²) in [4.78, 5) is 16.5. The summed E-state index contributed by atoms with van der Waals surface area (Å²) in [6.07, 6.45) is -0.288. The molecule has 1 fully saturated rings. The molecule has 3 nitrogen and oxygen atoms in total. The Hall–Kier alpha value is -0.710. The van der Waals surface area contributed by atoms with Crippen molar-refractivity contribution in [3.63, 3.8) is 0 Å². The fourth-order valence-corrected chi connectivity index (χ4v) is 2.87. The number of carbonyl (C=O) groups excluding carboxylic acids is 1. The summed E-state index contributed by atoms with van der Waals surface area (Å²) in [5.41, 5.74) is 0. The van der Waals surface area contributed by atoms with Crippen LogP contribution in [-0.4, -0.2) is 42.5 Å². The van der Waals surface area contributed by atoms with Gasteiger partial charge in [0.05, 0.1) is 11.5 Å². The van der Waals surface area contributed by atoms with Gasteiger partial charge in [-0.15, -0.1) is 11.3 Å². The predicted octanol–water partition coefficient (Wildman–Crippen LogP) is 2.35. The molecule has 0 amide bonds. The molecule has 1 aliphatic rings. The van der Waals surface area contributed by atoms with Crippen LogP contribution in [0.2, 0.25) is 0 Å². The van der Waals surface area contributed by atoms with Gasteiger partial charge in [-0.2, -0.15) is 0 Å². The quantitative estimate of drug-likeness (QED) is 0.774. The van der Waals surface area contributed by atoms with Crippen LogP contribution in [0.4, 0.5) is 0 Å². The first-order chi connectivity index (χ1) is 8.08. The largest absolute Gasteiger partial charge is 0.367 e. The molecule has 1 atom stereocenters. The van der Waals surface area contributed by atoms with Crippen molar-refractivity contribution >= 4 is 17.1 Å². The Morgan fingerprint density at radius 1 is 1.53 bits per heavy atom. The molecule has 1 unspecified atom stereocenters. The van der Waals surface area contributed by atoms with Crippen LogP contribution in [0.1, 0.15) is 28.4 Å². The summed E-state index contributed by atoms with van der Waals surface area (Å²) in [6.45, 7) is 8.62. The molecule has 1 aromatic rings. The highest BCUT2D eigenvalue weighted by Crippen LogP contribution is 2.20. The third kappa shape index (κ3) is 2.94. The lowest BCUT2D eigenvalue weighted by atomic mass is 10.1. The maximum Gasteiger partial charge on any atom is 0.202 e. The second kappa shape index (κ2) is 5.29. The predicted molar refractivity (Wildman–Crippen MR) is 69.8 cm³/mol. The zero-order valence-corrected chi connectivity index (χ0v) is 11.4. The third-order valence-electron chi connectivity index (χ3n) is 3.10. The van der Waals surface area contributed by atoms with Gasteiger partial charge in [0, 0.05) is 24.0 Å². The highest BCUT2D eigenvalue weighted by Gasteiger charge is 2.29. The molecular weight excluding hydrogens is 234 g/mol. The van der Waals surface area contributed by atoms with E-state index in [9.17, 15) is 4.79 Å². The Kier molecular flexibility index (Phi) is 3.97. The molecular formula is C13H19NO2S. The average molecular weight is 253 g/mol. The molecule has 0 aromatic carbocycles. The molecule has 2 heterocycles. The van der Waals surface area contributed by atoms with E-state index < -0.39 is 0 Å². The SMILES string of the molecule is Cc1ccc(C(=O)C2CN(C(C)C)CCO2)s1.